The average molecular weight is 407 g/mol. The fraction of sp³-hybridized carbons (Fsp3) is 0.348. The number of likely N-dealkylation sites (tertiary alicyclic amines) is 1. The summed E-state index contributed by atoms with van der Waals surface area (Å²) in [4.78, 5) is 18.7. The SMILES string of the molecule is COc1cc(-c2noc(-c3ccc(C)cc3)n2)ccc1OCC(=O)N1CCCCC1. The molecule has 0 saturated carbocycles. The zero-order chi connectivity index (χ0) is 20.9. The number of benzene rings is 2. The van der Waals surface area contributed by atoms with Gasteiger partial charge in [-0.05, 0) is 56.5 Å². The Labute approximate surface area is 175 Å². The number of aryl methyl sites for hydroxylation is 1. The number of ether oxygens (including phenoxy) is 2. The van der Waals surface area contributed by atoms with Gasteiger partial charge in [-0.15, -0.1) is 0 Å². The van der Waals surface area contributed by atoms with E-state index in [1.165, 1.54) is 6.42 Å². The highest BCUT2D eigenvalue weighted by Gasteiger charge is 2.18. The minimum absolute atomic E-state index is 0.00161. The van der Waals surface area contributed by atoms with Crippen LogP contribution >= 0.6 is 0 Å². The Bertz CT molecular complexity index is 1010. The van der Waals surface area contributed by atoms with Gasteiger partial charge in [-0.1, -0.05) is 22.9 Å². The van der Waals surface area contributed by atoms with Crippen LogP contribution in [0.1, 0.15) is 24.8 Å². The molecule has 1 aliphatic heterocycles. The number of carbonyl (C=O) groups excluding carboxylic acids is 1. The Morgan fingerprint density at radius 3 is 2.50 bits per heavy atom. The zero-order valence-electron chi connectivity index (χ0n) is 17.3. The van der Waals surface area contributed by atoms with Crippen molar-refractivity contribution in [2.45, 2.75) is 26.2 Å². The van der Waals surface area contributed by atoms with Gasteiger partial charge >= 0.3 is 0 Å². The lowest BCUT2D eigenvalue weighted by atomic mass is 10.1. The van der Waals surface area contributed by atoms with Gasteiger partial charge in [0, 0.05) is 24.2 Å². The van der Waals surface area contributed by atoms with E-state index in [9.17, 15) is 4.79 Å². The lowest BCUT2D eigenvalue weighted by molar-refractivity contribution is -0.134. The number of rotatable bonds is 6. The second-order valence-corrected chi connectivity index (χ2v) is 7.38. The molecule has 7 nitrogen and oxygen atoms in total. The van der Waals surface area contributed by atoms with Crippen molar-refractivity contribution >= 4 is 5.91 Å². The molecule has 0 bridgehead atoms. The Balaban J connectivity index is 1.47. The number of nitrogens with zero attached hydrogens (tertiary/aromatic N) is 3. The first-order chi connectivity index (χ1) is 14.6. The first kappa shape index (κ1) is 19.9. The Morgan fingerprint density at radius 2 is 1.77 bits per heavy atom. The Kier molecular flexibility index (Phi) is 5.97. The molecule has 1 saturated heterocycles. The van der Waals surface area contributed by atoms with E-state index < -0.39 is 0 Å². The van der Waals surface area contributed by atoms with Gasteiger partial charge < -0.3 is 18.9 Å². The molecule has 0 atom stereocenters. The molecule has 2 heterocycles. The molecular weight excluding hydrogens is 382 g/mol. The van der Waals surface area contributed by atoms with Gasteiger partial charge in [0.05, 0.1) is 7.11 Å². The van der Waals surface area contributed by atoms with E-state index >= 15 is 0 Å². The maximum Gasteiger partial charge on any atom is 0.260 e. The predicted octanol–water partition coefficient (Wildman–Crippen LogP) is 4.11. The maximum absolute atomic E-state index is 12.3. The highest BCUT2D eigenvalue weighted by molar-refractivity contribution is 5.78. The Hall–Kier alpha value is -3.35. The topological polar surface area (TPSA) is 77.7 Å². The number of amides is 1. The molecule has 1 aromatic heterocycles. The first-order valence-corrected chi connectivity index (χ1v) is 10.1. The molecule has 1 fully saturated rings. The molecule has 3 aromatic rings. The minimum Gasteiger partial charge on any atom is -0.493 e. The van der Waals surface area contributed by atoms with E-state index in [-0.39, 0.29) is 12.5 Å². The van der Waals surface area contributed by atoms with E-state index in [4.69, 9.17) is 14.0 Å². The summed E-state index contributed by atoms with van der Waals surface area (Å²) in [5.41, 5.74) is 2.77. The molecule has 0 radical (unpaired) electrons. The molecule has 0 aliphatic carbocycles. The first-order valence-electron chi connectivity index (χ1n) is 10.1. The summed E-state index contributed by atoms with van der Waals surface area (Å²) in [6.45, 7) is 3.63. The number of carbonyl (C=O) groups is 1. The fourth-order valence-corrected chi connectivity index (χ4v) is 3.45. The molecule has 0 unspecified atom stereocenters. The largest absolute Gasteiger partial charge is 0.493 e. The highest BCUT2D eigenvalue weighted by Crippen LogP contribution is 2.32. The van der Waals surface area contributed by atoms with Crippen molar-refractivity contribution in [3.05, 3.63) is 48.0 Å². The van der Waals surface area contributed by atoms with Gasteiger partial charge in [0.1, 0.15) is 0 Å². The fourth-order valence-electron chi connectivity index (χ4n) is 3.45. The molecule has 30 heavy (non-hydrogen) atoms. The maximum atomic E-state index is 12.3. The van der Waals surface area contributed by atoms with Gasteiger partial charge in [-0.25, -0.2) is 0 Å². The van der Waals surface area contributed by atoms with Gasteiger partial charge in [0.15, 0.2) is 18.1 Å². The monoisotopic (exact) mass is 407 g/mol. The van der Waals surface area contributed by atoms with Crippen molar-refractivity contribution in [1.82, 2.24) is 15.0 Å². The van der Waals surface area contributed by atoms with Crippen LogP contribution in [0.15, 0.2) is 47.0 Å². The number of hydrogen-bond donors (Lipinski definition) is 0. The average Bonchev–Trinajstić information content (AvgIpc) is 3.28. The summed E-state index contributed by atoms with van der Waals surface area (Å²) in [7, 11) is 1.56. The second-order valence-electron chi connectivity index (χ2n) is 7.38. The summed E-state index contributed by atoms with van der Waals surface area (Å²) in [6.07, 6.45) is 3.29. The molecule has 1 amide bonds. The third-order valence-corrected chi connectivity index (χ3v) is 5.21. The summed E-state index contributed by atoms with van der Waals surface area (Å²) >= 11 is 0. The third kappa shape index (κ3) is 4.45. The summed E-state index contributed by atoms with van der Waals surface area (Å²) in [5.74, 6) is 1.94. The summed E-state index contributed by atoms with van der Waals surface area (Å²) < 4.78 is 16.6. The molecule has 2 aromatic carbocycles. The van der Waals surface area contributed by atoms with E-state index in [0.717, 1.165) is 42.6 Å². The zero-order valence-corrected chi connectivity index (χ0v) is 17.3. The van der Waals surface area contributed by atoms with Gasteiger partial charge in [-0.3, -0.25) is 4.79 Å². The standard InChI is InChI=1S/C23H25N3O4/c1-16-6-8-17(9-7-16)23-24-22(25-30-23)18-10-11-19(20(14-18)28-2)29-15-21(27)26-12-4-3-5-13-26/h6-11,14H,3-5,12-13,15H2,1-2H3. The van der Waals surface area contributed by atoms with Crippen LogP contribution in [0.3, 0.4) is 0 Å². The van der Waals surface area contributed by atoms with Crippen molar-refractivity contribution < 1.29 is 18.8 Å². The summed E-state index contributed by atoms with van der Waals surface area (Å²) in [5, 5.41) is 4.08. The highest BCUT2D eigenvalue weighted by atomic mass is 16.5. The van der Waals surface area contributed by atoms with Crippen molar-refractivity contribution in [2.75, 3.05) is 26.8 Å². The van der Waals surface area contributed by atoms with Crippen LogP contribution in [0.5, 0.6) is 11.5 Å². The van der Waals surface area contributed by atoms with Crippen molar-refractivity contribution in [3.8, 4) is 34.3 Å². The van der Waals surface area contributed by atoms with Crippen molar-refractivity contribution in [2.24, 2.45) is 0 Å². The Morgan fingerprint density at radius 1 is 1.03 bits per heavy atom. The minimum atomic E-state index is -0.00448. The number of methoxy groups -OCH3 is 1. The number of hydrogen-bond acceptors (Lipinski definition) is 6. The third-order valence-electron chi connectivity index (χ3n) is 5.21. The molecule has 0 spiro atoms. The van der Waals surface area contributed by atoms with Crippen LogP contribution in [-0.4, -0.2) is 47.8 Å². The lowest BCUT2D eigenvalue weighted by Gasteiger charge is -2.26. The number of piperidine rings is 1. The number of aromatic nitrogens is 2. The van der Waals surface area contributed by atoms with Gasteiger partial charge in [-0.2, -0.15) is 4.98 Å². The van der Waals surface area contributed by atoms with Crippen molar-refractivity contribution in [3.63, 3.8) is 0 Å². The predicted molar refractivity (Wildman–Crippen MR) is 112 cm³/mol. The molecule has 7 heteroatoms. The second kappa shape index (κ2) is 8.98. The van der Waals surface area contributed by atoms with E-state index in [2.05, 4.69) is 10.1 Å². The van der Waals surface area contributed by atoms with E-state index in [1.54, 1.807) is 19.2 Å². The van der Waals surface area contributed by atoms with Crippen LogP contribution < -0.4 is 9.47 Å². The van der Waals surface area contributed by atoms with Gasteiger partial charge in [0.25, 0.3) is 11.8 Å². The van der Waals surface area contributed by atoms with Crippen LogP contribution in [0.25, 0.3) is 22.8 Å². The van der Waals surface area contributed by atoms with Crippen LogP contribution in [0.2, 0.25) is 0 Å². The van der Waals surface area contributed by atoms with Crippen LogP contribution in [-0.2, 0) is 4.79 Å². The lowest BCUT2D eigenvalue weighted by Crippen LogP contribution is -2.38. The van der Waals surface area contributed by atoms with E-state index in [1.807, 2.05) is 42.2 Å². The van der Waals surface area contributed by atoms with Crippen LogP contribution in [0, 0.1) is 6.92 Å². The molecule has 156 valence electrons. The molecule has 4 rings (SSSR count). The molecular formula is C23H25N3O4. The smallest absolute Gasteiger partial charge is 0.260 e. The molecule has 0 N–H and O–H groups in total. The van der Waals surface area contributed by atoms with Gasteiger partial charge in [0.2, 0.25) is 5.82 Å². The normalized spacial score (nSPS) is 13.9. The quantitative estimate of drug-likeness (QED) is 0.612. The van der Waals surface area contributed by atoms with Crippen molar-refractivity contribution in [1.29, 1.82) is 0 Å². The molecule has 1 aliphatic rings. The van der Waals surface area contributed by atoms with Crippen LogP contribution in [0.4, 0.5) is 0 Å². The summed E-state index contributed by atoms with van der Waals surface area (Å²) in [6, 6.07) is 13.3. The van der Waals surface area contributed by atoms with E-state index in [0.29, 0.717) is 23.2 Å².